The van der Waals surface area contributed by atoms with Crippen molar-refractivity contribution in [3.8, 4) is 0 Å². The fourth-order valence-electron chi connectivity index (χ4n) is 1.91. The van der Waals surface area contributed by atoms with Crippen LogP contribution in [-0.4, -0.2) is 19.8 Å². The maximum absolute atomic E-state index is 13.0. The molecule has 0 unspecified atom stereocenters. The topological polar surface area (TPSA) is 21.3 Å². The van der Waals surface area contributed by atoms with E-state index >= 15 is 0 Å². The van der Waals surface area contributed by atoms with Crippen molar-refractivity contribution in [2.45, 2.75) is 12.8 Å². The molecule has 1 fully saturated rings. The normalized spacial score (nSPS) is 17.1. The first kappa shape index (κ1) is 13.1. The summed E-state index contributed by atoms with van der Waals surface area (Å²) in [6, 6.07) is 2.73. The van der Waals surface area contributed by atoms with Crippen LogP contribution in [0.4, 0.5) is 10.1 Å². The summed E-state index contributed by atoms with van der Waals surface area (Å²) >= 11 is 9.31. The molecule has 0 atom stereocenters. The van der Waals surface area contributed by atoms with Gasteiger partial charge in [-0.3, -0.25) is 0 Å². The van der Waals surface area contributed by atoms with Gasteiger partial charge in [-0.15, -0.1) is 0 Å². The highest BCUT2D eigenvalue weighted by molar-refractivity contribution is 9.10. The van der Waals surface area contributed by atoms with Crippen LogP contribution >= 0.6 is 27.5 Å². The van der Waals surface area contributed by atoms with Gasteiger partial charge in [0.2, 0.25) is 0 Å². The van der Waals surface area contributed by atoms with Gasteiger partial charge in [0.1, 0.15) is 5.82 Å². The van der Waals surface area contributed by atoms with E-state index in [4.69, 9.17) is 16.3 Å². The average Bonchev–Trinajstić information content (AvgIpc) is 2.29. The van der Waals surface area contributed by atoms with E-state index in [0.717, 1.165) is 38.3 Å². The van der Waals surface area contributed by atoms with Crippen molar-refractivity contribution in [2.24, 2.45) is 5.92 Å². The number of nitrogens with one attached hydrogen (secondary N) is 1. The van der Waals surface area contributed by atoms with E-state index in [1.165, 1.54) is 12.1 Å². The summed E-state index contributed by atoms with van der Waals surface area (Å²) in [5.41, 5.74) is 0.763. The molecule has 1 aromatic carbocycles. The standard InChI is InChI=1S/C12H14BrClFNO/c13-10-5-9(15)6-11(14)12(10)16-7-8-1-3-17-4-2-8/h5-6,8,16H,1-4,7H2. The summed E-state index contributed by atoms with van der Waals surface area (Å²) in [4.78, 5) is 0. The van der Waals surface area contributed by atoms with E-state index < -0.39 is 0 Å². The summed E-state index contributed by atoms with van der Waals surface area (Å²) in [7, 11) is 0. The average molecular weight is 323 g/mol. The predicted octanol–water partition coefficient (Wildman–Crippen LogP) is 4.08. The van der Waals surface area contributed by atoms with Gasteiger partial charge in [0, 0.05) is 24.2 Å². The van der Waals surface area contributed by atoms with Gasteiger partial charge in [-0.25, -0.2) is 4.39 Å². The largest absolute Gasteiger partial charge is 0.383 e. The smallest absolute Gasteiger partial charge is 0.125 e. The number of anilines is 1. The van der Waals surface area contributed by atoms with Gasteiger partial charge in [0.25, 0.3) is 0 Å². The number of hydrogen-bond donors (Lipinski definition) is 1. The molecule has 1 aliphatic heterocycles. The van der Waals surface area contributed by atoms with Crippen molar-refractivity contribution in [2.75, 3.05) is 25.1 Å². The van der Waals surface area contributed by atoms with Crippen LogP contribution in [0.25, 0.3) is 0 Å². The number of hydrogen-bond acceptors (Lipinski definition) is 2. The van der Waals surface area contributed by atoms with Crippen LogP contribution in [0.2, 0.25) is 5.02 Å². The molecule has 1 saturated heterocycles. The first-order valence-corrected chi connectivity index (χ1v) is 6.80. The van der Waals surface area contributed by atoms with Crippen LogP contribution in [0.15, 0.2) is 16.6 Å². The Morgan fingerprint density at radius 3 is 2.76 bits per heavy atom. The fraction of sp³-hybridized carbons (Fsp3) is 0.500. The van der Waals surface area contributed by atoms with Crippen molar-refractivity contribution in [1.82, 2.24) is 0 Å². The predicted molar refractivity (Wildman–Crippen MR) is 71.1 cm³/mol. The molecular formula is C12H14BrClFNO. The van der Waals surface area contributed by atoms with E-state index in [2.05, 4.69) is 21.2 Å². The molecule has 2 nitrogen and oxygen atoms in total. The quantitative estimate of drug-likeness (QED) is 0.905. The van der Waals surface area contributed by atoms with Crippen molar-refractivity contribution >= 4 is 33.2 Å². The molecule has 17 heavy (non-hydrogen) atoms. The molecule has 1 heterocycles. The van der Waals surface area contributed by atoms with Crippen molar-refractivity contribution < 1.29 is 9.13 Å². The van der Waals surface area contributed by atoms with Gasteiger partial charge >= 0.3 is 0 Å². The highest BCUT2D eigenvalue weighted by Crippen LogP contribution is 2.32. The third kappa shape index (κ3) is 3.57. The van der Waals surface area contributed by atoms with E-state index in [9.17, 15) is 4.39 Å². The summed E-state index contributed by atoms with van der Waals surface area (Å²) in [6.07, 6.45) is 2.12. The van der Waals surface area contributed by atoms with Crippen LogP contribution in [0.3, 0.4) is 0 Å². The Labute approximate surface area is 114 Å². The maximum atomic E-state index is 13.0. The lowest BCUT2D eigenvalue weighted by Crippen LogP contribution is -2.22. The minimum absolute atomic E-state index is 0.335. The van der Waals surface area contributed by atoms with Gasteiger partial charge < -0.3 is 10.1 Å². The first-order valence-electron chi connectivity index (χ1n) is 5.63. The second-order valence-electron chi connectivity index (χ2n) is 4.18. The molecule has 0 bridgehead atoms. The van der Waals surface area contributed by atoms with E-state index in [-0.39, 0.29) is 5.82 Å². The Kier molecular flexibility index (Phi) is 4.65. The third-order valence-corrected chi connectivity index (χ3v) is 3.84. The number of ether oxygens (including phenoxy) is 1. The highest BCUT2D eigenvalue weighted by Gasteiger charge is 2.15. The lowest BCUT2D eigenvalue weighted by atomic mass is 10.0. The lowest BCUT2D eigenvalue weighted by Gasteiger charge is -2.23. The molecule has 1 aliphatic rings. The number of rotatable bonds is 3. The Morgan fingerprint density at radius 1 is 1.41 bits per heavy atom. The molecule has 0 aromatic heterocycles. The van der Waals surface area contributed by atoms with Crippen LogP contribution < -0.4 is 5.32 Å². The molecule has 0 aliphatic carbocycles. The van der Waals surface area contributed by atoms with Gasteiger partial charge in [-0.1, -0.05) is 11.6 Å². The number of halogens is 3. The lowest BCUT2D eigenvalue weighted by molar-refractivity contribution is 0.0699. The molecule has 1 aromatic rings. The van der Waals surface area contributed by atoms with E-state index in [0.29, 0.717) is 15.4 Å². The van der Waals surface area contributed by atoms with Crippen molar-refractivity contribution in [3.05, 3.63) is 27.4 Å². The Bertz CT molecular complexity index is 373. The minimum atomic E-state index is -0.335. The summed E-state index contributed by atoms with van der Waals surface area (Å²) in [5, 5.41) is 3.68. The summed E-state index contributed by atoms with van der Waals surface area (Å²) < 4.78 is 19.0. The Balaban J connectivity index is 1.98. The second kappa shape index (κ2) is 6.03. The molecule has 1 N–H and O–H groups in total. The van der Waals surface area contributed by atoms with Crippen LogP contribution in [0, 0.1) is 11.7 Å². The Morgan fingerprint density at radius 2 is 2.12 bits per heavy atom. The fourth-order valence-corrected chi connectivity index (χ4v) is 2.87. The highest BCUT2D eigenvalue weighted by atomic mass is 79.9. The molecular weight excluding hydrogens is 308 g/mol. The maximum Gasteiger partial charge on any atom is 0.125 e. The molecule has 0 saturated carbocycles. The Hall–Kier alpha value is -0.320. The van der Waals surface area contributed by atoms with E-state index in [1.807, 2.05) is 0 Å². The molecule has 5 heteroatoms. The zero-order valence-corrected chi connectivity index (χ0v) is 11.7. The van der Waals surface area contributed by atoms with Crippen LogP contribution in [0.5, 0.6) is 0 Å². The second-order valence-corrected chi connectivity index (χ2v) is 5.44. The van der Waals surface area contributed by atoms with E-state index in [1.54, 1.807) is 0 Å². The van der Waals surface area contributed by atoms with Gasteiger partial charge in [-0.05, 0) is 46.8 Å². The van der Waals surface area contributed by atoms with Gasteiger partial charge in [0.05, 0.1) is 10.7 Å². The SMILES string of the molecule is Fc1cc(Cl)c(NCC2CCOCC2)c(Br)c1. The monoisotopic (exact) mass is 321 g/mol. The van der Waals surface area contributed by atoms with Gasteiger partial charge in [-0.2, -0.15) is 0 Å². The minimum Gasteiger partial charge on any atom is -0.383 e. The molecule has 94 valence electrons. The van der Waals surface area contributed by atoms with Crippen LogP contribution in [0.1, 0.15) is 12.8 Å². The third-order valence-electron chi connectivity index (χ3n) is 2.92. The molecule has 0 amide bonds. The van der Waals surface area contributed by atoms with Gasteiger partial charge in [0.15, 0.2) is 0 Å². The van der Waals surface area contributed by atoms with Crippen LogP contribution in [-0.2, 0) is 4.74 Å². The zero-order valence-electron chi connectivity index (χ0n) is 9.31. The number of benzene rings is 1. The van der Waals surface area contributed by atoms with Crippen molar-refractivity contribution in [3.63, 3.8) is 0 Å². The zero-order chi connectivity index (χ0) is 12.3. The molecule has 0 spiro atoms. The molecule has 2 rings (SSSR count). The first-order chi connectivity index (χ1) is 8.16. The molecule has 0 radical (unpaired) electrons. The van der Waals surface area contributed by atoms with Crippen molar-refractivity contribution in [1.29, 1.82) is 0 Å². The summed E-state index contributed by atoms with van der Waals surface area (Å²) in [5.74, 6) is 0.260. The summed E-state index contributed by atoms with van der Waals surface area (Å²) in [6.45, 7) is 2.49.